The van der Waals surface area contributed by atoms with E-state index in [1.165, 1.54) is 0 Å². The van der Waals surface area contributed by atoms with Crippen molar-refractivity contribution in [3.63, 3.8) is 0 Å². The van der Waals surface area contributed by atoms with Crippen LogP contribution in [-0.2, 0) is 6.54 Å². The zero-order chi connectivity index (χ0) is 18.1. The van der Waals surface area contributed by atoms with Crippen LogP contribution in [0.15, 0.2) is 36.7 Å². The maximum Gasteiger partial charge on any atom is 0.319 e. The number of amides is 2. The van der Waals surface area contributed by atoms with Gasteiger partial charge in [0.15, 0.2) is 0 Å². The highest BCUT2D eigenvalue weighted by molar-refractivity contribution is 5.90. The molecule has 1 unspecified atom stereocenters. The Morgan fingerprint density at radius 1 is 1.36 bits per heavy atom. The van der Waals surface area contributed by atoms with Crippen LogP contribution in [0.3, 0.4) is 0 Å². The number of imidazole rings is 1. The summed E-state index contributed by atoms with van der Waals surface area (Å²) >= 11 is 0. The third kappa shape index (κ3) is 5.90. The number of hydrogen-bond acceptors (Lipinski definition) is 3. The fraction of sp³-hybridized carbons (Fsp3) is 0.474. The number of anilines is 1. The number of urea groups is 1. The van der Waals surface area contributed by atoms with Crippen LogP contribution >= 0.6 is 0 Å². The average molecular weight is 344 g/mol. The monoisotopic (exact) mass is 344 g/mol. The van der Waals surface area contributed by atoms with Crippen molar-refractivity contribution in [3.8, 4) is 11.4 Å². The molecule has 2 aromatic rings. The van der Waals surface area contributed by atoms with E-state index in [1.807, 2.05) is 37.4 Å². The van der Waals surface area contributed by atoms with E-state index in [4.69, 9.17) is 5.11 Å². The highest BCUT2D eigenvalue weighted by Gasteiger charge is 2.10. The largest absolute Gasteiger partial charge is 0.396 e. The summed E-state index contributed by atoms with van der Waals surface area (Å²) in [5.41, 5.74) is 1.71. The molecule has 136 valence electrons. The van der Waals surface area contributed by atoms with E-state index in [9.17, 15) is 4.79 Å². The predicted molar refractivity (Wildman–Crippen MR) is 101 cm³/mol. The molecular weight excluding hydrogens is 316 g/mol. The van der Waals surface area contributed by atoms with Gasteiger partial charge in [-0.1, -0.05) is 25.5 Å². The maximum atomic E-state index is 12.1. The molecule has 0 aliphatic heterocycles. The van der Waals surface area contributed by atoms with E-state index in [0.29, 0.717) is 6.42 Å². The number of hydrogen-bond donors (Lipinski definition) is 3. The fourth-order valence-corrected chi connectivity index (χ4v) is 2.68. The van der Waals surface area contributed by atoms with Crippen LogP contribution in [0.1, 0.15) is 39.5 Å². The third-order valence-electron chi connectivity index (χ3n) is 4.02. The molecule has 0 aliphatic rings. The van der Waals surface area contributed by atoms with Gasteiger partial charge in [0, 0.05) is 42.8 Å². The number of rotatable bonds is 9. The molecule has 25 heavy (non-hydrogen) atoms. The summed E-state index contributed by atoms with van der Waals surface area (Å²) in [6, 6.07) is 7.49. The number of nitrogens with zero attached hydrogens (tertiary/aromatic N) is 2. The number of nitrogens with one attached hydrogen (secondary N) is 2. The Morgan fingerprint density at radius 3 is 2.96 bits per heavy atom. The third-order valence-corrected chi connectivity index (χ3v) is 4.02. The predicted octanol–water partition coefficient (Wildman–Crippen LogP) is 3.63. The number of carbonyl (C=O) groups excluding carboxylic acids is 1. The van der Waals surface area contributed by atoms with E-state index < -0.39 is 0 Å². The summed E-state index contributed by atoms with van der Waals surface area (Å²) in [6.45, 7) is 5.17. The summed E-state index contributed by atoms with van der Waals surface area (Å²) < 4.78 is 2.14. The zero-order valence-corrected chi connectivity index (χ0v) is 15.0. The van der Waals surface area contributed by atoms with Gasteiger partial charge >= 0.3 is 6.03 Å². The molecule has 0 saturated carbocycles. The van der Waals surface area contributed by atoms with Gasteiger partial charge in [-0.3, -0.25) is 0 Å². The number of aryl methyl sites for hydroxylation is 1. The first-order valence-corrected chi connectivity index (χ1v) is 8.94. The van der Waals surface area contributed by atoms with Crippen LogP contribution in [0, 0.1) is 0 Å². The number of aromatic nitrogens is 2. The second kappa shape index (κ2) is 9.84. The van der Waals surface area contributed by atoms with Crippen LogP contribution in [-0.4, -0.2) is 33.3 Å². The Hall–Kier alpha value is -2.34. The van der Waals surface area contributed by atoms with Gasteiger partial charge in [-0.25, -0.2) is 9.78 Å². The number of benzene rings is 1. The zero-order valence-electron chi connectivity index (χ0n) is 15.0. The second-order valence-electron chi connectivity index (χ2n) is 6.24. The van der Waals surface area contributed by atoms with Gasteiger partial charge in [0.1, 0.15) is 5.82 Å². The Labute approximate surface area is 149 Å². The summed E-state index contributed by atoms with van der Waals surface area (Å²) in [6.07, 6.45) is 7.46. The van der Waals surface area contributed by atoms with Gasteiger partial charge in [0.2, 0.25) is 0 Å². The molecule has 3 N–H and O–H groups in total. The van der Waals surface area contributed by atoms with Gasteiger partial charge in [0.25, 0.3) is 0 Å². The molecule has 0 aliphatic carbocycles. The molecule has 0 fully saturated rings. The second-order valence-corrected chi connectivity index (χ2v) is 6.24. The van der Waals surface area contributed by atoms with Gasteiger partial charge in [-0.15, -0.1) is 0 Å². The van der Waals surface area contributed by atoms with Crippen LogP contribution in [0.2, 0.25) is 0 Å². The number of aliphatic hydroxyl groups is 1. The van der Waals surface area contributed by atoms with E-state index >= 15 is 0 Å². The highest BCUT2D eigenvalue weighted by Crippen LogP contribution is 2.21. The van der Waals surface area contributed by atoms with Crippen molar-refractivity contribution in [2.75, 3.05) is 11.9 Å². The molecule has 1 atom stereocenters. The molecule has 1 aromatic carbocycles. The minimum absolute atomic E-state index is 0.0169. The lowest BCUT2D eigenvalue weighted by atomic mass is 10.2. The minimum Gasteiger partial charge on any atom is -0.396 e. The molecule has 0 spiro atoms. The van der Waals surface area contributed by atoms with Gasteiger partial charge in [-0.2, -0.15) is 0 Å². The van der Waals surface area contributed by atoms with Gasteiger partial charge < -0.3 is 20.3 Å². The summed E-state index contributed by atoms with van der Waals surface area (Å²) in [4.78, 5) is 16.5. The lowest BCUT2D eigenvalue weighted by molar-refractivity contribution is 0.245. The molecule has 0 bridgehead atoms. The SMILES string of the molecule is CCCCn1ccnc1-c1cccc(NC(=O)NC(C)CCCO)c1. The van der Waals surface area contributed by atoms with E-state index in [0.717, 1.165) is 42.9 Å². The topological polar surface area (TPSA) is 79.2 Å². The Balaban J connectivity index is 2.01. The normalized spacial score (nSPS) is 12.0. The molecule has 2 rings (SSSR count). The number of carbonyl (C=O) groups is 1. The van der Waals surface area contributed by atoms with E-state index in [2.05, 4.69) is 27.1 Å². The van der Waals surface area contributed by atoms with E-state index in [-0.39, 0.29) is 18.7 Å². The average Bonchev–Trinajstić information content (AvgIpc) is 3.06. The molecule has 1 heterocycles. The van der Waals surface area contributed by atoms with Crippen molar-refractivity contribution in [2.24, 2.45) is 0 Å². The molecule has 2 amide bonds. The Bertz CT molecular complexity index is 669. The molecule has 6 nitrogen and oxygen atoms in total. The molecule has 0 radical (unpaired) electrons. The van der Waals surface area contributed by atoms with Gasteiger partial charge in [0.05, 0.1) is 0 Å². The molecule has 1 aromatic heterocycles. The maximum absolute atomic E-state index is 12.1. The Kier molecular flexibility index (Phi) is 7.47. The van der Waals surface area contributed by atoms with Crippen molar-refractivity contribution >= 4 is 11.7 Å². The van der Waals surface area contributed by atoms with Crippen molar-refractivity contribution in [3.05, 3.63) is 36.7 Å². The summed E-state index contributed by atoms with van der Waals surface area (Å²) in [5, 5.41) is 14.6. The van der Waals surface area contributed by atoms with Crippen LogP contribution in [0.5, 0.6) is 0 Å². The quantitative estimate of drug-likeness (QED) is 0.650. The first-order chi connectivity index (χ1) is 12.1. The van der Waals surface area contributed by atoms with Crippen LogP contribution in [0.4, 0.5) is 10.5 Å². The fourth-order valence-electron chi connectivity index (χ4n) is 2.68. The first kappa shape index (κ1) is 19.0. The van der Waals surface area contributed by atoms with Gasteiger partial charge in [-0.05, 0) is 38.3 Å². The van der Waals surface area contributed by atoms with Crippen molar-refractivity contribution in [1.29, 1.82) is 0 Å². The van der Waals surface area contributed by atoms with Crippen molar-refractivity contribution in [1.82, 2.24) is 14.9 Å². The Morgan fingerprint density at radius 2 is 2.20 bits per heavy atom. The number of unbranched alkanes of at least 4 members (excludes halogenated alkanes) is 1. The highest BCUT2D eigenvalue weighted by atomic mass is 16.3. The molecule has 0 saturated heterocycles. The number of aliphatic hydroxyl groups excluding tert-OH is 1. The lowest BCUT2D eigenvalue weighted by Gasteiger charge is -2.14. The lowest BCUT2D eigenvalue weighted by Crippen LogP contribution is -2.36. The summed E-state index contributed by atoms with van der Waals surface area (Å²) in [5.74, 6) is 0.911. The smallest absolute Gasteiger partial charge is 0.319 e. The van der Waals surface area contributed by atoms with Crippen molar-refractivity contribution < 1.29 is 9.90 Å². The molecular formula is C19H28N4O2. The minimum atomic E-state index is -0.239. The first-order valence-electron chi connectivity index (χ1n) is 8.94. The van der Waals surface area contributed by atoms with Crippen LogP contribution < -0.4 is 10.6 Å². The van der Waals surface area contributed by atoms with Crippen molar-refractivity contribution in [2.45, 2.75) is 52.1 Å². The standard InChI is InChI=1S/C19H28N4O2/c1-3-4-11-23-12-10-20-18(23)16-8-5-9-17(14-16)22-19(25)21-15(2)7-6-13-24/h5,8-10,12,14-15,24H,3-4,6-7,11,13H2,1-2H3,(H2,21,22,25). The van der Waals surface area contributed by atoms with E-state index in [1.54, 1.807) is 6.20 Å². The van der Waals surface area contributed by atoms with Crippen LogP contribution in [0.25, 0.3) is 11.4 Å². The summed E-state index contributed by atoms with van der Waals surface area (Å²) in [7, 11) is 0. The molecule has 6 heteroatoms.